The Kier molecular flexibility index (Phi) is 4.15. The minimum absolute atomic E-state index is 0.327. The van der Waals surface area contributed by atoms with Gasteiger partial charge in [-0.15, -0.1) is 0 Å². The highest BCUT2D eigenvalue weighted by Crippen LogP contribution is 2.24. The Balaban J connectivity index is 2.10. The molecule has 1 aliphatic rings. The minimum atomic E-state index is -0.479. The minimum Gasteiger partial charge on any atom is -0.371 e. The molecule has 0 radical (unpaired) electrons. The summed E-state index contributed by atoms with van der Waals surface area (Å²) in [6.07, 6.45) is 5.10. The van der Waals surface area contributed by atoms with Crippen molar-refractivity contribution >= 4 is 11.6 Å². The molecule has 1 amide bonds. The van der Waals surface area contributed by atoms with Crippen molar-refractivity contribution in [3.63, 3.8) is 0 Å². The molecule has 1 unspecified atom stereocenters. The summed E-state index contributed by atoms with van der Waals surface area (Å²) in [6, 6.07) is 3.70. The van der Waals surface area contributed by atoms with E-state index in [0.717, 1.165) is 31.7 Å². The largest absolute Gasteiger partial charge is 0.371 e. The molecule has 2 heterocycles. The van der Waals surface area contributed by atoms with Crippen LogP contribution in [0.5, 0.6) is 0 Å². The van der Waals surface area contributed by atoms with Crippen LogP contribution in [0, 0.1) is 5.92 Å². The van der Waals surface area contributed by atoms with Gasteiger partial charge in [0.15, 0.2) is 0 Å². The highest BCUT2D eigenvalue weighted by Gasteiger charge is 2.20. The Morgan fingerprint density at radius 3 is 3.11 bits per heavy atom. The third-order valence-electron chi connectivity index (χ3n) is 3.46. The van der Waals surface area contributed by atoms with Crippen molar-refractivity contribution in [2.24, 2.45) is 17.4 Å². The second kappa shape index (κ2) is 5.82. The number of rotatable bonds is 4. The third-order valence-corrected chi connectivity index (χ3v) is 3.46. The predicted molar refractivity (Wildman–Crippen MR) is 71.4 cm³/mol. The number of pyridine rings is 1. The number of amides is 1. The average Bonchev–Trinajstić information content (AvgIpc) is 2.39. The van der Waals surface area contributed by atoms with Crippen LogP contribution in [0.25, 0.3) is 0 Å². The van der Waals surface area contributed by atoms with Crippen molar-refractivity contribution in [1.82, 2.24) is 4.98 Å². The summed E-state index contributed by atoms with van der Waals surface area (Å²) in [7, 11) is 0. The standard InChI is InChI=1S/C13H20N4O/c14-5-3-10-2-1-7-17(9-10)11-4-6-16-12(8-11)13(15)18/h4,6,8,10H,1-3,5,7,9,14H2,(H2,15,18). The van der Waals surface area contributed by atoms with Gasteiger partial charge in [0.25, 0.3) is 5.91 Å². The number of hydrogen-bond donors (Lipinski definition) is 2. The van der Waals surface area contributed by atoms with E-state index >= 15 is 0 Å². The first-order valence-corrected chi connectivity index (χ1v) is 6.41. The molecular formula is C13H20N4O. The topological polar surface area (TPSA) is 85.2 Å². The van der Waals surface area contributed by atoms with Crippen LogP contribution in [0.3, 0.4) is 0 Å². The van der Waals surface area contributed by atoms with Crippen LogP contribution in [-0.4, -0.2) is 30.5 Å². The molecule has 0 saturated carbocycles. The molecule has 5 heteroatoms. The van der Waals surface area contributed by atoms with Crippen molar-refractivity contribution in [1.29, 1.82) is 0 Å². The maximum Gasteiger partial charge on any atom is 0.267 e. The molecule has 1 fully saturated rings. The van der Waals surface area contributed by atoms with Gasteiger partial charge in [-0.25, -0.2) is 0 Å². The van der Waals surface area contributed by atoms with Crippen LogP contribution in [-0.2, 0) is 0 Å². The van der Waals surface area contributed by atoms with E-state index in [1.807, 2.05) is 6.07 Å². The Bertz CT molecular complexity index is 419. The number of nitrogens with two attached hydrogens (primary N) is 2. The maximum absolute atomic E-state index is 11.1. The number of nitrogens with zero attached hydrogens (tertiary/aromatic N) is 2. The summed E-state index contributed by atoms with van der Waals surface area (Å²) in [5, 5.41) is 0. The van der Waals surface area contributed by atoms with Crippen LogP contribution >= 0.6 is 0 Å². The smallest absolute Gasteiger partial charge is 0.267 e. The van der Waals surface area contributed by atoms with Gasteiger partial charge in [0.1, 0.15) is 5.69 Å². The maximum atomic E-state index is 11.1. The molecule has 4 N–H and O–H groups in total. The van der Waals surface area contributed by atoms with Gasteiger partial charge in [-0.1, -0.05) is 0 Å². The Morgan fingerprint density at radius 1 is 1.56 bits per heavy atom. The number of carbonyl (C=O) groups excluding carboxylic acids is 1. The van der Waals surface area contributed by atoms with E-state index in [1.54, 1.807) is 12.3 Å². The van der Waals surface area contributed by atoms with Crippen molar-refractivity contribution in [2.75, 3.05) is 24.5 Å². The van der Waals surface area contributed by atoms with E-state index in [9.17, 15) is 4.79 Å². The van der Waals surface area contributed by atoms with E-state index in [2.05, 4.69) is 9.88 Å². The second-order valence-corrected chi connectivity index (χ2v) is 4.80. The van der Waals surface area contributed by atoms with Crippen LogP contribution in [0.2, 0.25) is 0 Å². The van der Waals surface area contributed by atoms with E-state index in [1.165, 1.54) is 12.8 Å². The van der Waals surface area contributed by atoms with Crippen LogP contribution in [0.1, 0.15) is 29.8 Å². The lowest BCUT2D eigenvalue weighted by Crippen LogP contribution is -2.36. The normalized spacial score (nSPS) is 19.8. The monoisotopic (exact) mass is 248 g/mol. The van der Waals surface area contributed by atoms with Gasteiger partial charge in [0.2, 0.25) is 0 Å². The number of anilines is 1. The first kappa shape index (κ1) is 12.8. The van der Waals surface area contributed by atoms with E-state index in [-0.39, 0.29) is 0 Å². The lowest BCUT2D eigenvalue weighted by Gasteiger charge is -2.34. The number of piperidine rings is 1. The highest BCUT2D eigenvalue weighted by atomic mass is 16.1. The SMILES string of the molecule is NCCC1CCCN(c2ccnc(C(N)=O)c2)C1. The van der Waals surface area contributed by atoms with Gasteiger partial charge in [0.05, 0.1) is 0 Å². The summed E-state index contributed by atoms with van der Waals surface area (Å²) < 4.78 is 0. The van der Waals surface area contributed by atoms with Gasteiger partial charge in [0, 0.05) is 25.0 Å². The number of hydrogen-bond acceptors (Lipinski definition) is 4. The fourth-order valence-corrected chi connectivity index (χ4v) is 2.52. The van der Waals surface area contributed by atoms with Gasteiger partial charge in [-0.3, -0.25) is 9.78 Å². The molecule has 0 aliphatic carbocycles. The first-order valence-electron chi connectivity index (χ1n) is 6.41. The number of carbonyl (C=O) groups is 1. The van der Waals surface area contributed by atoms with E-state index in [0.29, 0.717) is 11.6 Å². The second-order valence-electron chi connectivity index (χ2n) is 4.80. The van der Waals surface area contributed by atoms with E-state index < -0.39 is 5.91 Å². The summed E-state index contributed by atoms with van der Waals surface area (Å²) in [5.41, 5.74) is 12.2. The van der Waals surface area contributed by atoms with Gasteiger partial charge in [-0.2, -0.15) is 0 Å². The average molecular weight is 248 g/mol. The molecule has 2 rings (SSSR count). The van der Waals surface area contributed by atoms with Crippen LogP contribution < -0.4 is 16.4 Å². The van der Waals surface area contributed by atoms with Crippen molar-refractivity contribution in [3.8, 4) is 0 Å². The summed E-state index contributed by atoms with van der Waals surface area (Å²) in [6.45, 7) is 2.75. The zero-order valence-electron chi connectivity index (χ0n) is 10.5. The summed E-state index contributed by atoms with van der Waals surface area (Å²) in [4.78, 5) is 17.4. The lowest BCUT2D eigenvalue weighted by molar-refractivity contribution is 0.0995. The number of primary amides is 1. The predicted octanol–water partition coefficient (Wildman–Crippen LogP) is 0.746. The molecule has 5 nitrogen and oxygen atoms in total. The molecule has 98 valence electrons. The molecule has 0 spiro atoms. The molecular weight excluding hydrogens is 228 g/mol. The zero-order chi connectivity index (χ0) is 13.0. The van der Waals surface area contributed by atoms with Crippen LogP contribution in [0.15, 0.2) is 18.3 Å². The fourth-order valence-electron chi connectivity index (χ4n) is 2.52. The Hall–Kier alpha value is -1.62. The Labute approximate surface area is 107 Å². The summed E-state index contributed by atoms with van der Waals surface area (Å²) in [5.74, 6) is 0.168. The quantitative estimate of drug-likeness (QED) is 0.823. The fraction of sp³-hybridized carbons (Fsp3) is 0.538. The number of aromatic nitrogens is 1. The molecule has 1 saturated heterocycles. The van der Waals surface area contributed by atoms with Crippen molar-refractivity contribution in [2.45, 2.75) is 19.3 Å². The molecule has 0 aromatic carbocycles. The highest BCUT2D eigenvalue weighted by molar-refractivity contribution is 5.91. The summed E-state index contributed by atoms with van der Waals surface area (Å²) >= 11 is 0. The first-order chi connectivity index (χ1) is 8.70. The molecule has 1 atom stereocenters. The molecule has 0 bridgehead atoms. The van der Waals surface area contributed by atoms with Gasteiger partial charge in [-0.05, 0) is 43.9 Å². The van der Waals surface area contributed by atoms with Crippen molar-refractivity contribution in [3.05, 3.63) is 24.0 Å². The molecule has 1 aromatic rings. The van der Waals surface area contributed by atoms with E-state index in [4.69, 9.17) is 11.5 Å². The molecule has 1 aliphatic heterocycles. The third kappa shape index (κ3) is 2.98. The molecule has 18 heavy (non-hydrogen) atoms. The van der Waals surface area contributed by atoms with Crippen LogP contribution in [0.4, 0.5) is 5.69 Å². The molecule has 1 aromatic heterocycles. The van der Waals surface area contributed by atoms with Gasteiger partial charge >= 0.3 is 0 Å². The lowest BCUT2D eigenvalue weighted by atomic mass is 9.94. The van der Waals surface area contributed by atoms with Gasteiger partial charge < -0.3 is 16.4 Å². The zero-order valence-corrected chi connectivity index (χ0v) is 10.5. The Morgan fingerprint density at radius 2 is 2.39 bits per heavy atom. The van der Waals surface area contributed by atoms with Crippen molar-refractivity contribution < 1.29 is 4.79 Å².